The zero-order valence-corrected chi connectivity index (χ0v) is 14.1. The first-order valence-corrected chi connectivity index (χ1v) is 8.25. The summed E-state index contributed by atoms with van der Waals surface area (Å²) < 4.78 is 15.4. The van der Waals surface area contributed by atoms with Crippen LogP contribution in [-0.4, -0.2) is 44.3 Å². The Hall–Kier alpha value is -2.70. The maximum absolute atomic E-state index is 14.0. The molecule has 7 heteroatoms. The number of carbonyl (C=O) groups excluding carboxylic acids is 1. The molecule has 0 bridgehead atoms. The molecule has 2 atom stereocenters. The number of benzene rings is 1. The lowest BCUT2D eigenvalue weighted by Gasteiger charge is -2.37. The van der Waals surface area contributed by atoms with E-state index < -0.39 is 23.7 Å². The summed E-state index contributed by atoms with van der Waals surface area (Å²) in [5.41, 5.74) is 1.16. The van der Waals surface area contributed by atoms with E-state index in [-0.39, 0.29) is 11.6 Å². The fourth-order valence-corrected chi connectivity index (χ4v) is 3.40. The minimum absolute atomic E-state index is 0.265. The van der Waals surface area contributed by atoms with Crippen LogP contribution in [0.15, 0.2) is 30.5 Å². The Labute approximate surface area is 144 Å². The summed E-state index contributed by atoms with van der Waals surface area (Å²) in [5.74, 6) is -2.15. The molecule has 132 valence electrons. The van der Waals surface area contributed by atoms with Crippen LogP contribution in [0.3, 0.4) is 0 Å². The Kier molecular flexibility index (Phi) is 4.57. The Morgan fingerprint density at radius 1 is 1.32 bits per heavy atom. The molecule has 2 aromatic rings. The molecule has 2 heterocycles. The molecule has 0 spiro atoms. The summed E-state index contributed by atoms with van der Waals surface area (Å²) >= 11 is 0. The summed E-state index contributed by atoms with van der Waals surface area (Å²) in [5, 5.41) is 13.5. The topological polar surface area (TPSA) is 75.4 Å². The van der Waals surface area contributed by atoms with Crippen molar-refractivity contribution in [1.82, 2.24) is 14.7 Å². The number of amides is 1. The highest BCUT2D eigenvalue weighted by molar-refractivity contribution is 5.95. The van der Waals surface area contributed by atoms with Crippen molar-refractivity contribution in [2.24, 2.45) is 5.92 Å². The molecule has 25 heavy (non-hydrogen) atoms. The number of halogens is 1. The quantitative estimate of drug-likeness (QED) is 0.928. The third kappa shape index (κ3) is 3.01. The molecule has 3 rings (SSSR count). The largest absolute Gasteiger partial charge is 0.481 e. The normalized spacial score (nSPS) is 20.5. The van der Waals surface area contributed by atoms with Crippen LogP contribution in [-0.2, 0) is 4.79 Å². The van der Waals surface area contributed by atoms with Gasteiger partial charge in [-0.05, 0) is 38.8 Å². The van der Waals surface area contributed by atoms with Gasteiger partial charge in [-0.25, -0.2) is 9.07 Å². The van der Waals surface area contributed by atoms with Gasteiger partial charge in [0, 0.05) is 12.6 Å². The standard InChI is InChI=1S/C18H20FN3O3/c1-11-13(18(24)25)6-5-9-21(11)17(23)14-10-20-22(12(14)2)16-8-4-3-7-15(16)19/h3-4,7-8,10-11,13H,5-6,9H2,1-2H3,(H,24,25)/t11-,13-/m1/s1. The first kappa shape index (κ1) is 17.1. The van der Waals surface area contributed by atoms with Crippen molar-refractivity contribution in [3.8, 4) is 5.69 Å². The van der Waals surface area contributed by atoms with Gasteiger partial charge in [0.1, 0.15) is 11.5 Å². The van der Waals surface area contributed by atoms with Gasteiger partial charge in [0.2, 0.25) is 0 Å². The summed E-state index contributed by atoms with van der Waals surface area (Å²) in [4.78, 5) is 25.9. The molecule has 1 fully saturated rings. The number of likely N-dealkylation sites (tertiary alicyclic amines) is 1. The third-order valence-corrected chi connectivity index (χ3v) is 4.89. The van der Waals surface area contributed by atoms with Crippen molar-refractivity contribution in [3.63, 3.8) is 0 Å². The number of rotatable bonds is 3. The molecule has 0 unspecified atom stereocenters. The molecule has 1 saturated heterocycles. The van der Waals surface area contributed by atoms with Crippen LogP contribution in [0.2, 0.25) is 0 Å². The van der Waals surface area contributed by atoms with E-state index in [0.29, 0.717) is 30.6 Å². The van der Waals surface area contributed by atoms with Gasteiger partial charge >= 0.3 is 5.97 Å². The van der Waals surface area contributed by atoms with E-state index in [2.05, 4.69) is 5.10 Å². The highest BCUT2D eigenvalue weighted by atomic mass is 19.1. The van der Waals surface area contributed by atoms with Gasteiger partial charge in [0.25, 0.3) is 5.91 Å². The van der Waals surface area contributed by atoms with Crippen LogP contribution in [0.1, 0.15) is 35.8 Å². The van der Waals surface area contributed by atoms with Gasteiger partial charge in [-0.15, -0.1) is 0 Å². The molecule has 0 radical (unpaired) electrons. The van der Waals surface area contributed by atoms with Crippen molar-refractivity contribution in [3.05, 3.63) is 47.5 Å². The van der Waals surface area contributed by atoms with E-state index in [0.717, 1.165) is 0 Å². The molecule has 1 amide bonds. The second-order valence-electron chi connectivity index (χ2n) is 6.33. The number of piperidine rings is 1. The lowest BCUT2D eigenvalue weighted by Crippen LogP contribution is -2.49. The van der Waals surface area contributed by atoms with Gasteiger partial charge in [-0.2, -0.15) is 5.10 Å². The number of aromatic nitrogens is 2. The number of hydrogen-bond acceptors (Lipinski definition) is 3. The van der Waals surface area contributed by atoms with Gasteiger partial charge in [0.05, 0.1) is 23.4 Å². The zero-order valence-electron chi connectivity index (χ0n) is 14.1. The van der Waals surface area contributed by atoms with E-state index in [1.165, 1.54) is 16.9 Å². The van der Waals surface area contributed by atoms with Crippen molar-refractivity contribution < 1.29 is 19.1 Å². The minimum atomic E-state index is -0.885. The monoisotopic (exact) mass is 345 g/mol. The number of para-hydroxylation sites is 1. The Morgan fingerprint density at radius 3 is 2.72 bits per heavy atom. The highest BCUT2D eigenvalue weighted by Gasteiger charge is 2.36. The van der Waals surface area contributed by atoms with Crippen molar-refractivity contribution in [2.45, 2.75) is 32.7 Å². The SMILES string of the molecule is Cc1c(C(=O)N2CCC[C@@H](C(=O)O)[C@H]2C)cnn1-c1ccccc1F. The maximum Gasteiger partial charge on any atom is 0.308 e. The fraction of sp³-hybridized carbons (Fsp3) is 0.389. The van der Waals surface area contributed by atoms with Crippen LogP contribution in [0.5, 0.6) is 0 Å². The number of nitrogens with zero attached hydrogens (tertiary/aromatic N) is 3. The molecule has 6 nitrogen and oxygen atoms in total. The third-order valence-electron chi connectivity index (χ3n) is 4.89. The molecule has 0 aliphatic carbocycles. The zero-order chi connectivity index (χ0) is 18.1. The maximum atomic E-state index is 14.0. The second-order valence-corrected chi connectivity index (χ2v) is 6.33. The summed E-state index contributed by atoms with van der Waals surface area (Å²) in [6.07, 6.45) is 2.63. The van der Waals surface area contributed by atoms with Crippen molar-refractivity contribution in [1.29, 1.82) is 0 Å². The minimum Gasteiger partial charge on any atom is -0.481 e. The van der Waals surface area contributed by atoms with E-state index in [4.69, 9.17) is 0 Å². The van der Waals surface area contributed by atoms with Crippen LogP contribution in [0.25, 0.3) is 5.69 Å². The highest BCUT2D eigenvalue weighted by Crippen LogP contribution is 2.26. The molecular weight excluding hydrogens is 325 g/mol. The Bertz CT molecular complexity index is 818. The van der Waals surface area contributed by atoms with Crippen LogP contribution in [0, 0.1) is 18.7 Å². The van der Waals surface area contributed by atoms with Crippen LogP contribution >= 0.6 is 0 Å². The Balaban J connectivity index is 1.91. The molecule has 1 aliphatic heterocycles. The molecule has 0 saturated carbocycles. The second kappa shape index (κ2) is 6.66. The van der Waals surface area contributed by atoms with Crippen LogP contribution in [0.4, 0.5) is 4.39 Å². The molecular formula is C18H20FN3O3. The molecule has 1 aliphatic rings. The molecule has 1 aromatic carbocycles. The lowest BCUT2D eigenvalue weighted by molar-refractivity contribution is -0.144. The van der Waals surface area contributed by atoms with Crippen molar-refractivity contribution >= 4 is 11.9 Å². The fourth-order valence-electron chi connectivity index (χ4n) is 3.40. The Morgan fingerprint density at radius 2 is 2.04 bits per heavy atom. The van der Waals surface area contributed by atoms with E-state index >= 15 is 0 Å². The van der Waals surface area contributed by atoms with Crippen molar-refractivity contribution in [2.75, 3.05) is 6.54 Å². The average molecular weight is 345 g/mol. The first-order chi connectivity index (χ1) is 11.9. The summed E-state index contributed by atoms with van der Waals surface area (Å²) in [6, 6.07) is 5.82. The molecule has 1 N–H and O–H groups in total. The van der Waals surface area contributed by atoms with E-state index in [1.54, 1.807) is 36.9 Å². The summed E-state index contributed by atoms with van der Waals surface area (Å²) in [7, 11) is 0. The van der Waals surface area contributed by atoms with Gasteiger partial charge < -0.3 is 10.0 Å². The number of carbonyl (C=O) groups is 2. The summed E-state index contributed by atoms with van der Waals surface area (Å²) in [6.45, 7) is 3.97. The number of carboxylic acid groups (broad SMARTS) is 1. The predicted molar refractivity (Wildman–Crippen MR) is 89.1 cm³/mol. The smallest absolute Gasteiger partial charge is 0.308 e. The van der Waals surface area contributed by atoms with Gasteiger partial charge in [-0.1, -0.05) is 12.1 Å². The number of aliphatic carboxylic acids is 1. The molecule has 1 aromatic heterocycles. The average Bonchev–Trinajstić information content (AvgIpc) is 2.96. The van der Waals surface area contributed by atoms with E-state index in [9.17, 15) is 19.1 Å². The number of hydrogen-bond donors (Lipinski definition) is 1. The number of carboxylic acids is 1. The predicted octanol–water partition coefficient (Wildman–Crippen LogP) is 2.65. The van der Waals surface area contributed by atoms with Gasteiger partial charge in [0.15, 0.2) is 0 Å². The van der Waals surface area contributed by atoms with Crippen LogP contribution < -0.4 is 0 Å². The first-order valence-electron chi connectivity index (χ1n) is 8.25. The van der Waals surface area contributed by atoms with Gasteiger partial charge in [-0.3, -0.25) is 9.59 Å². The lowest BCUT2D eigenvalue weighted by atomic mass is 9.90. The van der Waals surface area contributed by atoms with E-state index in [1.807, 2.05) is 0 Å².